The van der Waals surface area contributed by atoms with Gasteiger partial charge in [-0.3, -0.25) is 4.79 Å². The van der Waals surface area contributed by atoms with E-state index in [0.29, 0.717) is 31.1 Å². The van der Waals surface area contributed by atoms with Crippen LogP contribution < -0.4 is 0 Å². The van der Waals surface area contributed by atoms with E-state index >= 15 is 0 Å². The molecule has 23 heavy (non-hydrogen) atoms. The molecule has 0 saturated carbocycles. The molecule has 0 aliphatic carbocycles. The Morgan fingerprint density at radius 1 is 1.52 bits per heavy atom. The number of rotatable bonds is 4. The molecule has 1 aliphatic rings. The van der Waals surface area contributed by atoms with Crippen LogP contribution in [0.3, 0.4) is 0 Å². The highest BCUT2D eigenvalue weighted by molar-refractivity contribution is 5.95. The van der Waals surface area contributed by atoms with E-state index in [4.69, 9.17) is 9.47 Å². The fourth-order valence-electron chi connectivity index (χ4n) is 2.99. The third-order valence-electron chi connectivity index (χ3n) is 3.84. The van der Waals surface area contributed by atoms with Crippen molar-refractivity contribution in [2.24, 2.45) is 0 Å². The summed E-state index contributed by atoms with van der Waals surface area (Å²) in [6, 6.07) is 0. The summed E-state index contributed by atoms with van der Waals surface area (Å²) in [5.74, 6) is 0.815. The molecule has 0 N–H and O–H groups in total. The van der Waals surface area contributed by atoms with Crippen LogP contribution in [0.1, 0.15) is 55.5 Å². The van der Waals surface area contributed by atoms with Crippen LogP contribution in [-0.4, -0.2) is 59.3 Å². The molecule has 1 aromatic heterocycles. The lowest BCUT2D eigenvalue weighted by atomic mass is 10.0. The van der Waals surface area contributed by atoms with Crippen molar-refractivity contribution >= 4 is 5.91 Å². The highest BCUT2D eigenvalue weighted by Crippen LogP contribution is 2.25. The zero-order valence-electron chi connectivity index (χ0n) is 14.9. The van der Waals surface area contributed by atoms with E-state index in [2.05, 4.69) is 9.97 Å². The van der Waals surface area contributed by atoms with Gasteiger partial charge < -0.3 is 14.4 Å². The van der Waals surface area contributed by atoms with Gasteiger partial charge in [0.15, 0.2) is 0 Å². The Morgan fingerprint density at radius 2 is 2.22 bits per heavy atom. The maximum Gasteiger partial charge on any atom is 0.257 e. The topological polar surface area (TPSA) is 64.5 Å². The summed E-state index contributed by atoms with van der Waals surface area (Å²) in [7, 11) is 1.64. The fourth-order valence-corrected chi connectivity index (χ4v) is 2.99. The second-order valence-corrected chi connectivity index (χ2v) is 7.01. The number of carbonyl (C=O) groups is 1. The standard InChI is InChI=1S/C17H27N3O3/c1-11(2)15-14(7-18-12(3)19-15)16(21)20-8-13(9-22-6)23-17(4,5)10-20/h7,11,13H,8-10H2,1-6H3. The van der Waals surface area contributed by atoms with Gasteiger partial charge >= 0.3 is 0 Å². The van der Waals surface area contributed by atoms with Crippen molar-refractivity contribution in [3.05, 3.63) is 23.3 Å². The molecule has 1 amide bonds. The minimum Gasteiger partial charge on any atom is -0.382 e. The Hall–Kier alpha value is -1.53. The predicted octanol–water partition coefficient (Wildman–Crippen LogP) is 2.17. The van der Waals surface area contributed by atoms with Crippen molar-refractivity contribution in [3.8, 4) is 0 Å². The number of hydrogen-bond acceptors (Lipinski definition) is 5. The molecule has 1 fully saturated rings. The van der Waals surface area contributed by atoms with Gasteiger partial charge in [-0.25, -0.2) is 9.97 Å². The van der Waals surface area contributed by atoms with Crippen LogP contribution in [0.15, 0.2) is 6.20 Å². The predicted molar refractivity (Wildman–Crippen MR) is 87.6 cm³/mol. The minimum atomic E-state index is -0.402. The number of amides is 1. The Labute approximate surface area is 138 Å². The molecule has 2 heterocycles. The summed E-state index contributed by atoms with van der Waals surface area (Å²) in [6.45, 7) is 11.4. The van der Waals surface area contributed by atoms with Crippen LogP contribution in [0.4, 0.5) is 0 Å². The smallest absolute Gasteiger partial charge is 0.257 e. The zero-order chi connectivity index (χ0) is 17.2. The van der Waals surface area contributed by atoms with Crippen molar-refractivity contribution in [2.75, 3.05) is 26.8 Å². The molecule has 6 nitrogen and oxygen atoms in total. The number of morpholine rings is 1. The van der Waals surface area contributed by atoms with Gasteiger partial charge in [-0.15, -0.1) is 0 Å². The number of methoxy groups -OCH3 is 1. The Bertz CT molecular complexity index is 572. The molecule has 0 bridgehead atoms. The molecule has 1 saturated heterocycles. The summed E-state index contributed by atoms with van der Waals surface area (Å²) in [5, 5.41) is 0. The average Bonchev–Trinajstić information content (AvgIpc) is 2.45. The van der Waals surface area contributed by atoms with Crippen molar-refractivity contribution in [2.45, 2.75) is 52.2 Å². The van der Waals surface area contributed by atoms with Gasteiger partial charge in [-0.2, -0.15) is 0 Å². The highest BCUT2D eigenvalue weighted by Gasteiger charge is 2.36. The quantitative estimate of drug-likeness (QED) is 0.850. The first-order valence-electron chi connectivity index (χ1n) is 8.03. The van der Waals surface area contributed by atoms with E-state index in [-0.39, 0.29) is 17.9 Å². The lowest BCUT2D eigenvalue weighted by molar-refractivity contribution is -0.143. The fraction of sp³-hybridized carbons (Fsp3) is 0.706. The normalized spacial score (nSPS) is 20.8. The van der Waals surface area contributed by atoms with Gasteiger partial charge in [0.2, 0.25) is 0 Å². The van der Waals surface area contributed by atoms with Crippen LogP contribution in [0.25, 0.3) is 0 Å². The third kappa shape index (κ3) is 4.26. The summed E-state index contributed by atoms with van der Waals surface area (Å²) in [6.07, 6.45) is 1.52. The number of aryl methyl sites for hydroxylation is 1. The maximum absolute atomic E-state index is 13.0. The number of aromatic nitrogens is 2. The van der Waals surface area contributed by atoms with Gasteiger partial charge in [0.05, 0.1) is 29.6 Å². The van der Waals surface area contributed by atoms with Gasteiger partial charge in [0, 0.05) is 26.4 Å². The molecule has 6 heteroatoms. The number of ether oxygens (including phenoxy) is 2. The van der Waals surface area contributed by atoms with Gasteiger partial charge in [0.25, 0.3) is 5.91 Å². The van der Waals surface area contributed by atoms with Crippen molar-refractivity contribution in [3.63, 3.8) is 0 Å². The Morgan fingerprint density at radius 3 is 2.83 bits per heavy atom. The van der Waals surface area contributed by atoms with Crippen LogP contribution in [-0.2, 0) is 9.47 Å². The maximum atomic E-state index is 13.0. The summed E-state index contributed by atoms with van der Waals surface area (Å²) in [5.41, 5.74) is 0.982. The average molecular weight is 321 g/mol. The van der Waals surface area contributed by atoms with Gasteiger partial charge in [-0.05, 0) is 26.7 Å². The molecule has 2 rings (SSSR count). The van der Waals surface area contributed by atoms with Crippen LogP contribution >= 0.6 is 0 Å². The first-order valence-corrected chi connectivity index (χ1v) is 8.03. The number of nitrogens with zero attached hydrogens (tertiary/aromatic N) is 3. The van der Waals surface area contributed by atoms with Gasteiger partial charge in [-0.1, -0.05) is 13.8 Å². The third-order valence-corrected chi connectivity index (χ3v) is 3.84. The minimum absolute atomic E-state index is 0.0359. The van der Waals surface area contributed by atoms with E-state index in [1.807, 2.05) is 39.5 Å². The van der Waals surface area contributed by atoms with Crippen LogP contribution in [0.2, 0.25) is 0 Å². The first kappa shape index (κ1) is 17.8. The second kappa shape index (κ2) is 6.93. The SMILES string of the molecule is COCC1CN(C(=O)c2cnc(C)nc2C(C)C)CC(C)(C)O1. The Kier molecular flexibility index (Phi) is 5.37. The Balaban J connectivity index is 2.29. The molecule has 0 spiro atoms. The molecule has 128 valence electrons. The summed E-state index contributed by atoms with van der Waals surface area (Å²) in [4.78, 5) is 23.5. The zero-order valence-corrected chi connectivity index (χ0v) is 14.9. The first-order chi connectivity index (χ1) is 10.7. The molecule has 0 aromatic carbocycles. The molecule has 1 unspecified atom stereocenters. The molecule has 0 radical (unpaired) electrons. The van der Waals surface area contributed by atoms with E-state index in [1.165, 1.54) is 0 Å². The molecular formula is C17H27N3O3. The highest BCUT2D eigenvalue weighted by atomic mass is 16.5. The van der Waals surface area contributed by atoms with Gasteiger partial charge in [0.1, 0.15) is 5.82 Å². The van der Waals surface area contributed by atoms with Crippen LogP contribution in [0.5, 0.6) is 0 Å². The van der Waals surface area contributed by atoms with E-state index in [0.717, 1.165) is 5.69 Å². The number of carbonyl (C=O) groups excluding carboxylic acids is 1. The number of hydrogen-bond donors (Lipinski definition) is 0. The van der Waals surface area contributed by atoms with E-state index in [9.17, 15) is 4.79 Å². The molecular weight excluding hydrogens is 294 g/mol. The lowest BCUT2D eigenvalue weighted by Crippen LogP contribution is -2.55. The van der Waals surface area contributed by atoms with E-state index in [1.54, 1.807) is 13.3 Å². The monoisotopic (exact) mass is 321 g/mol. The lowest BCUT2D eigenvalue weighted by Gasteiger charge is -2.42. The van der Waals surface area contributed by atoms with Crippen molar-refractivity contribution in [1.82, 2.24) is 14.9 Å². The second-order valence-electron chi connectivity index (χ2n) is 7.01. The largest absolute Gasteiger partial charge is 0.382 e. The molecule has 1 atom stereocenters. The van der Waals surface area contributed by atoms with Crippen molar-refractivity contribution < 1.29 is 14.3 Å². The van der Waals surface area contributed by atoms with Crippen LogP contribution in [0, 0.1) is 6.92 Å². The molecule has 1 aromatic rings. The summed E-state index contributed by atoms with van der Waals surface area (Å²) >= 11 is 0. The summed E-state index contributed by atoms with van der Waals surface area (Å²) < 4.78 is 11.2. The van der Waals surface area contributed by atoms with E-state index < -0.39 is 5.60 Å². The molecule has 1 aliphatic heterocycles. The van der Waals surface area contributed by atoms with Crippen molar-refractivity contribution in [1.29, 1.82) is 0 Å².